The van der Waals surface area contributed by atoms with Crippen molar-refractivity contribution in [2.45, 2.75) is 39.7 Å². The van der Waals surface area contributed by atoms with Crippen LogP contribution in [0, 0.1) is 13.8 Å². The molecule has 0 aromatic heterocycles. The van der Waals surface area contributed by atoms with E-state index in [9.17, 15) is 0 Å². The van der Waals surface area contributed by atoms with E-state index in [0.29, 0.717) is 6.04 Å². The number of rotatable bonds is 3. The second-order valence-electron chi connectivity index (χ2n) is 5.10. The predicted molar refractivity (Wildman–Crippen MR) is 74.8 cm³/mol. The predicted octanol–water partition coefficient (Wildman–Crippen LogP) is 2.88. The monoisotopic (exact) mass is 232 g/mol. The molecule has 1 unspecified atom stereocenters. The zero-order valence-corrected chi connectivity index (χ0v) is 11.3. The molecule has 0 spiro atoms. The minimum absolute atomic E-state index is 0.661. The average molecular weight is 232 g/mol. The van der Waals surface area contributed by atoms with Crippen molar-refractivity contribution < 1.29 is 0 Å². The fourth-order valence-electron chi connectivity index (χ4n) is 2.66. The summed E-state index contributed by atoms with van der Waals surface area (Å²) in [5, 5.41) is 3.61. The van der Waals surface area contributed by atoms with E-state index in [-0.39, 0.29) is 0 Å². The van der Waals surface area contributed by atoms with Crippen LogP contribution in [0.25, 0.3) is 0 Å². The molecule has 1 fully saturated rings. The van der Waals surface area contributed by atoms with Crippen LogP contribution in [0.4, 0.5) is 5.69 Å². The molecule has 1 aliphatic rings. The van der Waals surface area contributed by atoms with Crippen LogP contribution in [-0.4, -0.2) is 25.7 Å². The Balaban J connectivity index is 2.13. The molecule has 0 bridgehead atoms. The smallest absolute Gasteiger partial charge is 0.0399 e. The fourth-order valence-corrected chi connectivity index (χ4v) is 2.66. The number of benzene rings is 1. The Kier molecular flexibility index (Phi) is 4.06. The van der Waals surface area contributed by atoms with Crippen LogP contribution in [0.5, 0.6) is 0 Å². The van der Waals surface area contributed by atoms with E-state index in [1.165, 1.54) is 29.7 Å². The first-order valence-electron chi connectivity index (χ1n) is 6.77. The van der Waals surface area contributed by atoms with Crippen LogP contribution in [0.3, 0.4) is 0 Å². The van der Waals surface area contributed by atoms with Crippen LogP contribution < -0.4 is 10.2 Å². The van der Waals surface area contributed by atoms with E-state index in [0.717, 1.165) is 19.6 Å². The van der Waals surface area contributed by atoms with Gasteiger partial charge in [-0.3, -0.25) is 0 Å². The second kappa shape index (κ2) is 5.54. The van der Waals surface area contributed by atoms with Gasteiger partial charge in [-0.15, -0.1) is 0 Å². The van der Waals surface area contributed by atoms with Gasteiger partial charge in [0.25, 0.3) is 0 Å². The van der Waals surface area contributed by atoms with E-state index in [4.69, 9.17) is 0 Å². The molecule has 17 heavy (non-hydrogen) atoms. The zero-order valence-electron chi connectivity index (χ0n) is 11.3. The maximum atomic E-state index is 3.61. The van der Waals surface area contributed by atoms with Crippen molar-refractivity contribution in [2.24, 2.45) is 0 Å². The summed E-state index contributed by atoms with van der Waals surface area (Å²) < 4.78 is 0. The molecule has 1 saturated heterocycles. The SMILES string of the molecule is CCCC1CN(c2cccc(C)c2C)CCN1. The minimum atomic E-state index is 0.661. The van der Waals surface area contributed by atoms with Gasteiger partial charge in [0.2, 0.25) is 0 Å². The van der Waals surface area contributed by atoms with Gasteiger partial charge in [-0.05, 0) is 37.5 Å². The van der Waals surface area contributed by atoms with Gasteiger partial charge in [0.15, 0.2) is 0 Å². The highest BCUT2D eigenvalue weighted by atomic mass is 15.2. The molecule has 1 heterocycles. The Hall–Kier alpha value is -1.02. The zero-order chi connectivity index (χ0) is 12.3. The molecule has 2 nitrogen and oxygen atoms in total. The van der Waals surface area contributed by atoms with Crippen molar-refractivity contribution in [3.63, 3.8) is 0 Å². The van der Waals surface area contributed by atoms with Gasteiger partial charge in [0.05, 0.1) is 0 Å². The number of nitrogens with one attached hydrogen (secondary N) is 1. The number of anilines is 1. The van der Waals surface area contributed by atoms with Crippen molar-refractivity contribution in [3.8, 4) is 0 Å². The van der Waals surface area contributed by atoms with Gasteiger partial charge in [0, 0.05) is 31.4 Å². The maximum Gasteiger partial charge on any atom is 0.0399 e. The molecule has 1 aromatic carbocycles. The summed E-state index contributed by atoms with van der Waals surface area (Å²) in [7, 11) is 0. The highest BCUT2D eigenvalue weighted by Gasteiger charge is 2.19. The number of aryl methyl sites for hydroxylation is 1. The lowest BCUT2D eigenvalue weighted by molar-refractivity contribution is 0.430. The Bertz CT molecular complexity index is 371. The average Bonchev–Trinajstić information content (AvgIpc) is 2.33. The Morgan fingerprint density at radius 2 is 2.18 bits per heavy atom. The lowest BCUT2D eigenvalue weighted by Gasteiger charge is -2.36. The van der Waals surface area contributed by atoms with Gasteiger partial charge in [0.1, 0.15) is 0 Å². The lowest BCUT2D eigenvalue weighted by atomic mass is 10.0. The van der Waals surface area contributed by atoms with Gasteiger partial charge < -0.3 is 10.2 Å². The molecular formula is C15H24N2. The summed E-state index contributed by atoms with van der Waals surface area (Å²) in [4.78, 5) is 2.54. The first kappa shape index (κ1) is 12.4. The topological polar surface area (TPSA) is 15.3 Å². The van der Waals surface area contributed by atoms with Gasteiger partial charge in [-0.2, -0.15) is 0 Å². The number of nitrogens with zero attached hydrogens (tertiary/aromatic N) is 1. The van der Waals surface area contributed by atoms with Crippen molar-refractivity contribution >= 4 is 5.69 Å². The van der Waals surface area contributed by atoms with E-state index < -0.39 is 0 Å². The quantitative estimate of drug-likeness (QED) is 0.862. The molecule has 1 atom stereocenters. The first-order chi connectivity index (χ1) is 8.22. The summed E-state index contributed by atoms with van der Waals surface area (Å²) in [6.45, 7) is 10.1. The second-order valence-corrected chi connectivity index (χ2v) is 5.10. The summed E-state index contributed by atoms with van der Waals surface area (Å²) in [6.07, 6.45) is 2.54. The molecule has 2 heteroatoms. The minimum Gasteiger partial charge on any atom is -0.368 e. The first-order valence-corrected chi connectivity index (χ1v) is 6.77. The molecule has 0 radical (unpaired) electrons. The molecule has 0 amide bonds. The molecule has 94 valence electrons. The summed E-state index contributed by atoms with van der Waals surface area (Å²) in [5.74, 6) is 0. The van der Waals surface area contributed by atoms with E-state index in [1.54, 1.807) is 0 Å². The Labute approximate surface area is 105 Å². The van der Waals surface area contributed by atoms with Gasteiger partial charge in [-0.25, -0.2) is 0 Å². The number of piperazine rings is 1. The number of hydrogen-bond acceptors (Lipinski definition) is 2. The van der Waals surface area contributed by atoms with E-state index in [2.05, 4.69) is 49.2 Å². The molecule has 1 N–H and O–H groups in total. The van der Waals surface area contributed by atoms with E-state index >= 15 is 0 Å². The largest absolute Gasteiger partial charge is 0.368 e. The highest BCUT2D eigenvalue weighted by Crippen LogP contribution is 2.24. The molecular weight excluding hydrogens is 208 g/mol. The number of hydrogen-bond donors (Lipinski definition) is 1. The van der Waals surface area contributed by atoms with Crippen LogP contribution in [0.1, 0.15) is 30.9 Å². The third-order valence-corrected chi connectivity index (χ3v) is 3.81. The highest BCUT2D eigenvalue weighted by molar-refractivity contribution is 5.56. The van der Waals surface area contributed by atoms with Crippen LogP contribution in [0.15, 0.2) is 18.2 Å². The molecule has 0 saturated carbocycles. The Morgan fingerprint density at radius 3 is 2.94 bits per heavy atom. The van der Waals surface area contributed by atoms with Crippen LogP contribution >= 0.6 is 0 Å². The van der Waals surface area contributed by atoms with Crippen molar-refractivity contribution in [2.75, 3.05) is 24.5 Å². The summed E-state index contributed by atoms with van der Waals surface area (Å²) in [5.41, 5.74) is 4.25. The molecule has 0 aliphatic carbocycles. The van der Waals surface area contributed by atoms with Crippen LogP contribution in [-0.2, 0) is 0 Å². The van der Waals surface area contributed by atoms with Crippen molar-refractivity contribution in [3.05, 3.63) is 29.3 Å². The normalized spacial score (nSPS) is 20.6. The lowest BCUT2D eigenvalue weighted by Crippen LogP contribution is -2.50. The summed E-state index contributed by atoms with van der Waals surface area (Å²) in [6, 6.07) is 7.30. The molecule has 2 rings (SSSR count). The third kappa shape index (κ3) is 2.81. The van der Waals surface area contributed by atoms with E-state index in [1.807, 2.05) is 0 Å². The molecule has 1 aromatic rings. The fraction of sp³-hybridized carbons (Fsp3) is 0.600. The van der Waals surface area contributed by atoms with Crippen molar-refractivity contribution in [1.82, 2.24) is 5.32 Å². The maximum absolute atomic E-state index is 3.61. The third-order valence-electron chi connectivity index (χ3n) is 3.81. The summed E-state index contributed by atoms with van der Waals surface area (Å²) >= 11 is 0. The Morgan fingerprint density at radius 1 is 1.35 bits per heavy atom. The van der Waals surface area contributed by atoms with Gasteiger partial charge >= 0.3 is 0 Å². The van der Waals surface area contributed by atoms with Crippen LogP contribution in [0.2, 0.25) is 0 Å². The van der Waals surface area contributed by atoms with Crippen molar-refractivity contribution in [1.29, 1.82) is 0 Å². The van der Waals surface area contributed by atoms with Gasteiger partial charge in [-0.1, -0.05) is 25.5 Å². The molecule has 1 aliphatic heterocycles. The standard InChI is InChI=1S/C15H24N2/c1-4-6-14-11-17(10-9-16-14)15-8-5-7-12(2)13(15)3/h5,7-8,14,16H,4,6,9-11H2,1-3H3.